The van der Waals surface area contributed by atoms with Crippen LogP contribution in [-0.4, -0.2) is 24.0 Å². The summed E-state index contributed by atoms with van der Waals surface area (Å²) in [5, 5.41) is 5.00. The fraction of sp³-hybridized carbons (Fsp3) is 0.500. The number of ether oxygens (including phenoxy) is 1. The van der Waals surface area contributed by atoms with E-state index >= 15 is 0 Å². The molecule has 0 aliphatic carbocycles. The molecule has 0 aliphatic heterocycles. The topological polar surface area (TPSA) is 77.2 Å². The molecule has 3 N–H and O–H groups in total. The number of hydrogen-bond acceptors (Lipinski definition) is 5. The predicted molar refractivity (Wildman–Crippen MR) is 62.4 cm³/mol. The van der Waals surface area contributed by atoms with Gasteiger partial charge in [-0.05, 0) is 6.92 Å². The Hall–Kier alpha value is -0.690. The standard InChI is InChI=1S/C8H13N3O2S.ClH/c1-5(9)7(12)11-8-10-6(3-13-2)4-14-8;/h4-5H,3,9H2,1-2H3,(H,10,11,12);1H/t5-;/m1./s1. The highest BCUT2D eigenvalue weighted by atomic mass is 35.5. The van der Waals surface area contributed by atoms with Gasteiger partial charge in [0.15, 0.2) is 5.13 Å². The van der Waals surface area contributed by atoms with E-state index in [0.29, 0.717) is 11.7 Å². The SMILES string of the molecule is COCc1csc(NC(=O)[C@@H](C)N)n1.Cl. The highest BCUT2D eigenvalue weighted by Gasteiger charge is 2.09. The second-order valence-electron chi connectivity index (χ2n) is 2.85. The fourth-order valence-corrected chi connectivity index (χ4v) is 1.50. The van der Waals surface area contributed by atoms with Gasteiger partial charge in [0, 0.05) is 12.5 Å². The lowest BCUT2D eigenvalue weighted by Gasteiger charge is -2.03. The molecular formula is C8H14ClN3O2S. The van der Waals surface area contributed by atoms with Crippen LogP contribution in [0.15, 0.2) is 5.38 Å². The molecule has 0 spiro atoms. The van der Waals surface area contributed by atoms with Gasteiger partial charge in [-0.25, -0.2) is 4.98 Å². The number of nitrogens with two attached hydrogens (primary N) is 1. The second kappa shape index (κ2) is 6.73. The first-order valence-corrected chi connectivity index (χ1v) is 5.01. The van der Waals surface area contributed by atoms with Crippen molar-refractivity contribution in [3.05, 3.63) is 11.1 Å². The van der Waals surface area contributed by atoms with Crippen molar-refractivity contribution in [2.24, 2.45) is 5.73 Å². The van der Waals surface area contributed by atoms with Gasteiger partial charge in [-0.3, -0.25) is 4.79 Å². The molecule has 1 heterocycles. The van der Waals surface area contributed by atoms with Crippen molar-refractivity contribution in [2.75, 3.05) is 12.4 Å². The van der Waals surface area contributed by atoms with E-state index in [1.54, 1.807) is 14.0 Å². The number of amides is 1. The Balaban J connectivity index is 0.00000196. The van der Waals surface area contributed by atoms with Crippen LogP contribution < -0.4 is 11.1 Å². The molecule has 1 rings (SSSR count). The number of halogens is 1. The Morgan fingerprint density at radius 2 is 2.47 bits per heavy atom. The smallest absolute Gasteiger partial charge is 0.242 e. The number of aromatic nitrogens is 1. The molecule has 7 heteroatoms. The molecule has 0 saturated carbocycles. The van der Waals surface area contributed by atoms with E-state index in [2.05, 4.69) is 10.3 Å². The Morgan fingerprint density at radius 3 is 3.00 bits per heavy atom. The summed E-state index contributed by atoms with van der Waals surface area (Å²) >= 11 is 1.36. The number of methoxy groups -OCH3 is 1. The molecule has 5 nitrogen and oxygen atoms in total. The summed E-state index contributed by atoms with van der Waals surface area (Å²) in [6.07, 6.45) is 0. The lowest BCUT2D eigenvalue weighted by Crippen LogP contribution is -2.32. The maximum Gasteiger partial charge on any atom is 0.242 e. The number of nitrogens with zero attached hydrogens (tertiary/aromatic N) is 1. The van der Waals surface area contributed by atoms with Gasteiger partial charge in [0.1, 0.15) is 0 Å². The molecule has 0 aliphatic rings. The van der Waals surface area contributed by atoms with Crippen LogP contribution in [0.5, 0.6) is 0 Å². The summed E-state index contributed by atoms with van der Waals surface area (Å²) in [4.78, 5) is 15.3. The summed E-state index contributed by atoms with van der Waals surface area (Å²) in [6, 6.07) is -0.523. The maximum absolute atomic E-state index is 11.2. The van der Waals surface area contributed by atoms with E-state index in [0.717, 1.165) is 5.69 Å². The first-order valence-electron chi connectivity index (χ1n) is 4.13. The molecular weight excluding hydrogens is 238 g/mol. The Labute approximate surface area is 98.4 Å². The Bertz CT molecular complexity index is 317. The third kappa shape index (κ3) is 4.57. The van der Waals surface area contributed by atoms with Crippen LogP contribution in [-0.2, 0) is 16.1 Å². The quantitative estimate of drug-likeness (QED) is 0.837. The Kier molecular flexibility index (Phi) is 6.42. The maximum atomic E-state index is 11.2. The zero-order valence-corrected chi connectivity index (χ0v) is 10.2. The predicted octanol–water partition coefficient (Wildman–Crippen LogP) is 0.997. The second-order valence-corrected chi connectivity index (χ2v) is 3.71. The lowest BCUT2D eigenvalue weighted by atomic mass is 10.3. The van der Waals surface area contributed by atoms with Crippen molar-refractivity contribution in [1.29, 1.82) is 0 Å². The van der Waals surface area contributed by atoms with Crippen molar-refractivity contribution in [3.8, 4) is 0 Å². The van der Waals surface area contributed by atoms with E-state index in [1.165, 1.54) is 11.3 Å². The molecule has 15 heavy (non-hydrogen) atoms. The molecule has 1 amide bonds. The van der Waals surface area contributed by atoms with Crippen LogP contribution in [0, 0.1) is 0 Å². The van der Waals surface area contributed by atoms with Crippen molar-refractivity contribution in [3.63, 3.8) is 0 Å². The van der Waals surface area contributed by atoms with Crippen LogP contribution in [0.25, 0.3) is 0 Å². The van der Waals surface area contributed by atoms with Crippen molar-refractivity contribution >= 4 is 34.8 Å². The minimum absolute atomic E-state index is 0. The molecule has 86 valence electrons. The summed E-state index contributed by atoms with van der Waals surface area (Å²) in [5.41, 5.74) is 6.19. The van der Waals surface area contributed by atoms with Crippen LogP contribution >= 0.6 is 23.7 Å². The minimum atomic E-state index is -0.523. The van der Waals surface area contributed by atoms with E-state index in [1.807, 2.05) is 5.38 Å². The van der Waals surface area contributed by atoms with E-state index in [9.17, 15) is 4.79 Å². The molecule has 0 bridgehead atoms. The van der Waals surface area contributed by atoms with Crippen molar-refractivity contribution in [1.82, 2.24) is 4.98 Å². The number of carbonyl (C=O) groups is 1. The number of anilines is 1. The van der Waals surface area contributed by atoms with Gasteiger partial charge in [0.2, 0.25) is 5.91 Å². The lowest BCUT2D eigenvalue weighted by molar-refractivity contribution is -0.117. The largest absolute Gasteiger partial charge is 0.378 e. The van der Waals surface area contributed by atoms with Gasteiger partial charge in [0.25, 0.3) is 0 Å². The average Bonchev–Trinajstić information content (AvgIpc) is 2.53. The van der Waals surface area contributed by atoms with Gasteiger partial charge in [-0.15, -0.1) is 23.7 Å². The number of rotatable bonds is 4. The number of nitrogens with one attached hydrogen (secondary N) is 1. The summed E-state index contributed by atoms with van der Waals surface area (Å²) in [7, 11) is 1.60. The summed E-state index contributed by atoms with van der Waals surface area (Å²) in [6.45, 7) is 2.07. The average molecular weight is 252 g/mol. The number of thiazole rings is 1. The molecule has 0 saturated heterocycles. The zero-order valence-electron chi connectivity index (χ0n) is 8.52. The van der Waals surface area contributed by atoms with Gasteiger partial charge in [-0.2, -0.15) is 0 Å². The van der Waals surface area contributed by atoms with Crippen LogP contribution in [0.4, 0.5) is 5.13 Å². The monoisotopic (exact) mass is 251 g/mol. The normalized spacial score (nSPS) is 11.7. The fourth-order valence-electron chi connectivity index (χ4n) is 0.798. The van der Waals surface area contributed by atoms with Crippen LogP contribution in [0.3, 0.4) is 0 Å². The highest BCUT2D eigenvalue weighted by Crippen LogP contribution is 2.15. The van der Waals surface area contributed by atoms with Crippen molar-refractivity contribution in [2.45, 2.75) is 19.6 Å². The van der Waals surface area contributed by atoms with Gasteiger partial charge in [-0.1, -0.05) is 0 Å². The van der Waals surface area contributed by atoms with Gasteiger partial charge >= 0.3 is 0 Å². The van der Waals surface area contributed by atoms with Gasteiger partial charge < -0.3 is 15.8 Å². The van der Waals surface area contributed by atoms with Gasteiger partial charge in [0.05, 0.1) is 18.3 Å². The molecule has 1 aromatic heterocycles. The molecule has 0 unspecified atom stereocenters. The van der Waals surface area contributed by atoms with E-state index in [4.69, 9.17) is 10.5 Å². The third-order valence-electron chi connectivity index (χ3n) is 1.49. The first-order chi connectivity index (χ1) is 6.63. The highest BCUT2D eigenvalue weighted by molar-refractivity contribution is 7.13. The first kappa shape index (κ1) is 14.3. The molecule has 1 atom stereocenters. The van der Waals surface area contributed by atoms with Crippen molar-refractivity contribution < 1.29 is 9.53 Å². The molecule has 0 aromatic carbocycles. The molecule has 0 fully saturated rings. The summed E-state index contributed by atoms with van der Waals surface area (Å²) in [5.74, 6) is -0.233. The number of hydrogen-bond donors (Lipinski definition) is 2. The zero-order chi connectivity index (χ0) is 10.6. The van der Waals surface area contributed by atoms with E-state index in [-0.39, 0.29) is 18.3 Å². The summed E-state index contributed by atoms with van der Waals surface area (Å²) < 4.78 is 4.90. The van der Waals surface area contributed by atoms with E-state index < -0.39 is 6.04 Å². The Morgan fingerprint density at radius 1 is 1.80 bits per heavy atom. The molecule has 0 radical (unpaired) electrons. The third-order valence-corrected chi connectivity index (χ3v) is 2.29. The molecule has 1 aromatic rings. The minimum Gasteiger partial charge on any atom is -0.378 e. The van der Waals surface area contributed by atoms with Crippen LogP contribution in [0.2, 0.25) is 0 Å². The number of carbonyl (C=O) groups excluding carboxylic acids is 1. The van der Waals surface area contributed by atoms with Crippen LogP contribution in [0.1, 0.15) is 12.6 Å².